The number of hydrogen-bond acceptors (Lipinski definition) is 9. The highest BCUT2D eigenvalue weighted by molar-refractivity contribution is 7.13. The van der Waals surface area contributed by atoms with Gasteiger partial charge in [-0.15, -0.1) is 11.3 Å². The Balaban J connectivity index is 0.000000302. The third-order valence-electron chi connectivity index (χ3n) is 8.22. The summed E-state index contributed by atoms with van der Waals surface area (Å²) in [5.41, 5.74) is 6.67. The molecule has 11 nitrogen and oxygen atoms in total. The number of esters is 1. The predicted molar refractivity (Wildman–Crippen MR) is 207 cm³/mol. The number of likely N-dealkylation sites (tertiary alicyclic amines) is 1. The Morgan fingerprint density at radius 1 is 0.981 bits per heavy atom. The maximum atomic E-state index is 12.5. The van der Waals surface area contributed by atoms with E-state index in [4.69, 9.17) is 4.74 Å². The molecule has 3 amide bonds. The Bertz CT molecular complexity index is 1560. The highest BCUT2D eigenvalue weighted by atomic mass is 32.1. The standard InChI is InChI=1S/C24H35N3O5.C12H12N2OS.C4H10/c1-24(2,3)32-22(30)14-17-4-6-19(7-5-17)26-11-8-18(9-12-26)23(31)25-15-21(29)27-13-10-20(28)16-27;1-9-12(16-8-14-9)11-4-2-10(3-5-11)6-13-7-15;1-4(2)3/h4-7,18,20,28H,8-16H2,1-3H3,(H,25,31);2-5,7-8H,6H2,1H3,(H,13,15);4H,1-3H3. The molecule has 2 aliphatic rings. The van der Waals surface area contributed by atoms with E-state index in [0.717, 1.165) is 54.4 Å². The molecule has 0 aliphatic carbocycles. The molecule has 3 N–H and O–H groups in total. The number of nitrogens with one attached hydrogen (secondary N) is 2. The van der Waals surface area contributed by atoms with Gasteiger partial charge in [-0.2, -0.15) is 0 Å². The number of benzene rings is 2. The quantitative estimate of drug-likeness (QED) is 0.183. The number of carbonyl (C=O) groups excluding carboxylic acids is 4. The van der Waals surface area contributed by atoms with Crippen LogP contribution in [0, 0.1) is 18.8 Å². The summed E-state index contributed by atoms with van der Waals surface area (Å²) < 4.78 is 5.37. The van der Waals surface area contributed by atoms with Crippen LogP contribution in [-0.4, -0.2) is 83.6 Å². The lowest BCUT2D eigenvalue weighted by Crippen LogP contribution is -2.44. The first-order valence-corrected chi connectivity index (χ1v) is 19.0. The average Bonchev–Trinajstić information content (AvgIpc) is 3.74. The lowest BCUT2D eigenvalue weighted by atomic mass is 9.95. The Morgan fingerprint density at radius 2 is 1.60 bits per heavy atom. The van der Waals surface area contributed by atoms with E-state index in [1.807, 2.05) is 69.6 Å². The summed E-state index contributed by atoms with van der Waals surface area (Å²) in [6.45, 7) is 17.1. The first kappa shape index (κ1) is 42.1. The number of β-amino-alcohol motifs (C(OH)–C–C–N with tert-alkyl or cyclic N) is 1. The minimum atomic E-state index is -0.488. The fourth-order valence-corrected chi connectivity index (χ4v) is 6.48. The molecule has 2 aromatic carbocycles. The van der Waals surface area contributed by atoms with Gasteiger partial charge >= 0.3 is 5.97 Å². The Hall–Kier alpha value is -4.29. The van der Waals surface area contributed by atoms with Gasteiger partial charge in [0.2, 0.25) is 18.2 Å². The molecule has 2 aliphatic heterocycles. The van der Waals surface area contributed by atoms with Crippen LogP contribution in [0.2, 0.25) is 0 Å². The largest absolute Gasteiger partial charge is 0.460 e. The molecule has 0 bridgehead atoms. The molecule has 0 radical (unpaired) electrons. The lowest BCUT2D eigenvalue weighted by molar-refractivity contribution is -0.154. The summed E-state index contributed by atoms with van der Waals surface area (Å²) in [4.78, 5) is 56.0. The summed E-state index contributed by atoms with van der Waals surface area (Å²) in [6, 6.07) is 16.0. The fraction of sp³-hybridized carbons (Fsp3) is 0.525. The van der Waals surface area contributed by atoms with Crippen LogP contribution in [0.25, 0.3) is 10.4 Å². The number of amides is 3. The van der Waals surface area contributed by atoms with Crippen LogP contribution in [0.3, 0.4) is 0 Å². The molecule has 1 atom stereocenters. The molecule has 2 saturated heterocycles. The maximum absolute atomic E-state index is 12.5. The first-order valence-electron chi connectivity index (χ1n) is 18.1. The van der Waals surface area contributed by atoms with Crippen molar-refractivity contribution >= 4 is 41.2 Å². The number of aliphatic hydroxyl groups is 1. The van der Waals surface area contributed by atoms with Gasteiger partial charge in [-0.25, -0.2) is 4.98 Å². The van der Waals surface area contributed by atoms with E-state index >= 15 is 0 Å². The molecule has 0 saturated carbocycles. The lowest BCUT2D eigenvalue weighted by Gasteiger charge is -2.33. The zero-order valence-electron chi connectivity index (χ0n) is 31.8. The zero-order valence-corrected chi connectivity index (χ0v) is 32.6. The summed E-state index contributed by atoms with van der Waals surface area (Å²) in [5, 5.41) is 14.9. The molecule has 1 unspecified atom stereocenters. The van der Waals surface area contributed by atoms with E-state index in [-0.39, 0.29) is 36.7 Å². The third kappa shape index (κ3) is 14.7. The van der Waals surface area contributed by atoms with E-state index in [9.17, 15) is 24.3 Å². The van der Waals surface area contributed by atoms with Gasteiger partial charge in [0.25, 0.3) is 0 Å². The van der Waals surface area contributed by atoms with Crippen molar-refractivity contribution in [1.29, 1.82) is 0 Å². The van der Waals surface area contributed by atoms with Crippen molar-refractivity contribution in [1.82, 2.24) is 20.5 Å². The summed E-state index contributed by atoms with van der Waals surface area (Å²) in [6.07, 6.45) is 2.55. The molecule has 284 valence electrons. The fourth-order valence-electron chi connectivity index (χ4n) is 5.67. The molecule has 2 fully saturated rings. The summed E-state index contributed by atoms with van der Waals surface area (Å²) in [5.74, 6) is 0.274. The van der Waals surface area contributed by atoms with Crippen LogP contribution in [0.5, 0.6) is 0 Å². The van der Waals surface area contributed by atoms with Gasteiger partial charge in [0, 0.05) is 44.3 Å². The number of aliphatic hydroxyl groups excluding tert-OH is 1. The Labute approximate surface area is 313 Å². The van der Waals surface area contributed by atoms with Crippen molar-refractivity contribution in [2.45, 2.75) is 92.4 Å². The van der Waals surface area contributed by atoms with E-state index in [1.54, 1.807) is 16.2 Å². The first-order chi connectivity index (χ1) is 24.6. The van der Waals surface area contributed by atoms with Crippen molar-refractivity contribution in [2.75, 3.05) is 37.6 Å². The Morgan fingerprint density at radius 3 is 2.12 bits per heavy atom. The Kier molecular flexibility index (Phi) is 16.7. The second-order valence-corrected chi connectivity index (χ2v) is 15.7. The molecule has 1 aromatic heterocycles. The van der Waals surface area contributed by atoms with Crippen LogP contribution in [0.1, 0.15) is 77.6 Å². The second-order valence-electron chi connectivity index (χ2n) is 14.9. The number of aryl methyl sites for hydroxylation is 1. The number of carbonyl (C=O) groups is 4. The highest BCUT2D eigenvalue weighted by Crippen LogP contribution is 2.27. The van der Waals surface area contributed by atoms with Gasteiger partial charge in [0.1, 0.15) is 5.60 Å². The van der Waals surface area contributed by atoms with Crippen molar-refractivity contribution in [3.05, 3.63) is 70.9 Å². The summed E-state index contributed by atoms with van der Waals surface area (Å²) in [7, 11) is 0. The number of thiazole rings is 1. The highest BCUT2D eigenvalue weighted by Gasteiger charge is 2.28. The molecule has 52 heavy (non-hydrogen) atoms. The molecular formula is C40H57N5O6S. The van der Waals surface area contributed by atoms with Crippen LogP contribution in [0.4, 0.5) is 5.69 Å². The van der Waals surface area contributed by atoms with Crippen molar-refractivity contribution in [3.8, 4) is 10.4 Å². The molecule has 12 heteroatoms. The van der Waals surface area contributed by atoms with Gasteiger partial charge in [0.15, 0.2) is 0 Å². The SMILES string of the molecule is CC(C)(C)OC(=O)Cc1ccc(N2CCC(C(=O)NCC(=O)N3CCC(O)C3)CC2)cc1.CC(C)C.Cc1ncsc1-c1ccc(CNC=O)cc1. The third-order valence-corrected chi connectivity index (χ3v) is 9.19. The number of nitrogens with zero attached hydrogens (tertiary/aromatic N) is 3. The predicted octanol–water partition coefficient (Wildman–Crippen LogP) is 5.52. The van der Waals surface area contributed by atoms with Crippen LogP contribution in [0.15, 0.2) is 54.0 Å². The molecule has 0 spiro atoms. The number of aromatic nitrogens is 1. The van der Waals surface area contributed by atoms with Crippen LogP contribution < -0.4 is 15.5 Å². The van der Waals surface area contributed by atoms with E-state index < -0.39 is 11.7 Å². The van der Waals surface area contributed by atoms with Crippen LogP contribution >= 0.6 is 11.3 Å². The maximum Gasteiger partial charge on any atom is 0.310 e. The van der Waals surface area contributed by atoms with Gasteiger partial charge in [-0.05, 0) is 81.7 Å². The molecule has 5 rings (SSSR count). The normalized spacial score (nSPS) is 15.9. The smallest absolute Gasteiger partial charge is 0.310 e. The number of anilines is 1. The number of ether oxygens (including phenoxy) is 1. The van der Waals surface area contributed by atoms with E-state index in [1.165, 1.54) is 10.4 Å². The minimum Gasteiger partial charge on any atom is -0.460 e. The van der Waals surface area contributed by atoms with Crippen LogP contribution in [-0.2, 0) is 36.9 Å². The van der Waals surface area contributed by atoms with Gasteiger partial charge < -0.3 is 30.3 Å². The number of rotatable bonds is 10. The van der Waals surface area contributed by atoms with Crippen molar-refractivity contribution in [2.24, 2.45) is 11.8 Å². The zero-order chi connectivity index (χ0) is 38.3. The second kappa shape index (κ2) is 20.7. The minimum absolute atomic E-state index is 0.00905. The van der Waals surface area contributed by atoms with Gasteiger partial charge in [-0.3, -0.25) is 19.2 Å². The van der Waals surface area contributed by atoms with Crippen molar-refractivity contribution in [3.63, 3.8) is 0 Å². The van der Waals surface area contributed by atoms with Gasteiger partial charge in [0.05, 0.1) is 35.2 Å². The average molecular weight is 736 g/mol. The number of piperidine rings is 1. The molecular weight excluding hydrogens is 679 g/mol. The van der Waals surface area contributed by atoms with E-state index in [0.29, 0.717) is 32.5 Å². The molecule has 3 aromatic rings. The monoisotopic (exact) mass is 735 g/mol. The number of hydrogen-bond donors (Lipinski definition) is 3. The summed E-state index contributed by atoms with van der Waals surface area (Å²) >= 11 is 1.64. The van der Waals surface area contributed by atoms with Gasteiger partial charge in [-0.1, -0.05) is 57.2 Å². The molecule has 3 heterocycles. The van der Waals surface area contributed by atoms with E-state index in [2.05, 4.69) is 53.4 Å². The van der Waals surface area contributed by atoms with Crippen molar-refractivity contribution < 1.29 is 29.0 Å². The topological polar surface area (TPSA) is 141 Å².